The topological polar surface area (TPSA) is 119 Å². The van der Waals surface area contributed by atoms with Crippen LogP contribution in [0.2, 0.25) is 0 Å². The summed E-state index contributed by atoms with van der Waals surface area (Å²) in [6, 6.07) is 6.22. The Bertz CT molecular complexity index is 972. The number of nitrogens with two attached hydrogens (primary N) is 1. The first-order valence-corrected chi connectivity index (χ1v) is 10.5. The molecular weight excluding hydrogens is 382 g/mol. The largest absolute Gasteiger partial charge is 0.367 e. The summed E-state index contributed by atoms with van der Waals surface area (Å²) >= 11 is 0. The molecule has 0 radical (unpaired) electrons. The zero-order chi connectivity index (χ0) is 21.5. The van der Waals surface area contributed by atoms with Crippen molar-refractivity contribution in [1.29, 1.82) is 0 Å². The number of nitrogens with zero attached hydrogens (tertiary/aromatic N) is 5. The molecule has 2 fully saturated rings. The Labute approximate surface area is 176 Å². The van der Waals surface area contributed by atoms with E-state index in [-0.39, 0.29) is 36.4 Å². The summed E-state index contributed by atoms with van der Waals surface area (Å²) in [6.45, 7) is 6.68. The Hall–Kier alpha value is -2.97. The number of tetrazole rings is 1. The molecule has 0 saturated carbocycles. The highest BCUT2D eigenvalue weighted by atomic mass is 16.2. The lowest BCUT2D eigenvalue weighted by atomic mass is 9.71. The number of hydrogen-bond acceptors (Lipinski definition) is 6. The number of amides is 2. The van der Waals surface area contributed by atoms with Gasteiger partial charge in [0.05, 0.1) is 5.41 Å². The minimum atomic E-state index is -0.551. The standard InChI is InChI=1S/C21H29N7O2/c1-4-21(19(30)23-11-15-6-5-13(2)14(3)9-15)10-16-7-8-17(21)28(16)18(29)12-27-20(22)24-25-26-27/h5-6,9,16-17H,4,7-8,10-12H2,1-3H3,(H,23,30)(H2,22,24,26)/t16-,17+,21+/m1/s1. The van der Waals surface area contributed by atoms with Crippen LogP contribution in [0.4, 0.5) is 5.95 Å². The number of aromatic nitrogens is 4. The summed E-state index contributed by atoms with van der Waals surface area (Å²) in [4.78, 5) is 28.3. The van der Waals surface area contributed by atoms with Crippen molar-refractivity contribution in [2.45, 2.75) is 71.6 Å². The lowest BCUT2D eigenvalue weighted by Crippen LogP contribution is -2.49. The molecule has 0 spiro atoms. The second-order valence-electron chi connectivity index (χ2n) is 8.56. The van der Waals surface area contributed by atoms with Crippen molar-refractivity contribution in [3.05, 3.63) is 34.9 Å². The van der Waals surface area contributed by atoms with Gasteiger partial charge in [0.2, 0.25) is 17.8 Å². The van der Waals surface area contributed by atoms with Crippen LogP contribution in [0.25, 0.3) is 0 Å². The first-order valence-electron chi connectivity index (χ1n) is 10.5. The number of carbonyl (C=O) groups is 2. The van der Waals surface area contributed by atoms with Crippen molar-refractivity contribution in [3.8, 4) is 0 Å². The molecule has 160 valence electrons. The highest BCUT2D eigenvalue weighted by molar-refractivity contribution is 5.87. The van der Waals surface area contributed by atoms with Crippen LogP contribution in [0.5, 0.6) is 0 Å². The van der Waals surface area contributed by atoms with Gasteiger partial charge >= 0.3 is 0 Å². The van der Waals surface area contributed by atoms with Crippen molar-refractivity contribution in [2.24, 2.45) is 5.41 Å². The third kappa shape index (κ3) is 3.32. The zero-order valence-electron chi connectivity index (χ0n) is 17.8. The van der Waals surface area contributed by atoms with Gasteiger partial charge in [0.1, 0.15) is 6.54 Å². The third-order valence-electron chi connectivity index (χ3n) is 6.98. The summed E-state index contributed by atoms with van der Waals surface area (Å²) in [5.74, 6) is 0.0664. The van der Waals surface area contributed by atoms with Crippen molar-refractivity contribution in [3.63, 3.8) is 0 Å². The molecule has 2 aliphatic rings. The first-order chi connectivity index (χ1) is 14.4. The summed E-state index contributed by atoms with van der Waals surface area (Å²) in [6.07, 6.45) is 3.16. The number of benzene rings is 1. The molecule has 2 saturated heterocycles. The molecule has 9 heteroatoms. The van der Waals surface area contributed by atoms with Crippen molar-refractivity contribution < 1.29 is 9.59 Å². The van der Waals surface area contributed by atoms with Crippen LogP contribution >= 0.6 is 0 Å². The van der Waals surface area contributed by atoms with E-state index in [1.807, 2.05) is 11.8 Å². The first kappa shape index (κ1) is 20.3. The number of nitrogen functional groups attached to an aromatic ring is 1. The molecule has 0 unspecified atom stereocenters. The summed E-state index contributed by atoms with van der Waals surface area (Å²) in [5, 5.41) is 14.0. The van der Waals surface area contributed by atoms with Gasteiger partial charge in [-0.25, -0.2) is 4.68 Å². The van der Waals surface area contributed by atoms with Crippen LogP contribution in [-0.2, 0) is 22.7 Å². The normalized spacial score (nSPS) is 25.0. The average molecular weight is 412 g/mol. The molecule has 2 bridgehead atoms. The highest BCUT2D eigenvalue weighted by Gasteiger charge is 2.60. The Balaban J connectivity index is 1.48. The quantitative estimate of drug-likeness (QED) is 0.741. The maximum Gasteiger partial charge on any atom is 0.245 e. The zero-order valence-corrected chi connectivity index (χ0v) is 17.8. The molecule has 3 heterocycles. The number of fused-ring (bicyclic) bond motifs is 2. The van der Waals surface area contributed by atoms with Gasteiger partial charge in [-0.1, -0.05) is 30.2 Å². The summed E-state index contributed by atoms with van der Waals surface area (Å²) in [5.41, 5.74) is 8.69. The van der Waals surface area contributed by atoms with Gasteiger partial charge in [-0.2, -0.15) is 0 Å². The molecule has 2 aliphatic heterocycles. The predicted octanol–water partition coefficient (Wildman–Crippen LogP) is 1.35. The fourth-order valence-corrected chi connectivity index (χ4v) is 5.15. The molecule has 2 amide bonds. The van der Waals surface area contributed by atoms with Crippen LogP contribution in [0.3, 0.4) is 0 Å². The Kier molecular flexibility index (Phi) is 5.21. The van der Waals surface area contributed by atoms with E-state index in [1.54, 1.807) is 0 Å². The van der Waals surface area contributed by atoms with Gasteiger partial charge in [-0.05, 0) is 66.6 Å². The number of hydrogen-bond donors (Lipinski definition) is 2. The Morgan fingerprint density at radius 3 is 2.73 bits per heavy atom. The average Bonchev–Trinajstić information content (AvgIpc) is 3.42. The van der Waals surface area contributed by atoms with Crippen LogP contribution < -0.4 is 11.1 Å². The number of anilines is 1. The minimum absolute atomic E-state index is 0.00408. The van der Waals surface area contributed by atoms with E-state index in [2.05, 4.69) is 52.9 Å². The van der Waals surface area contributed by atoms with Crippen molar-refractivity contribution >= 4 is 17.8 Å². The van der Waals surface area contributed by atoms with E-state index < -0.39 is 5.41 Å². The number of carbonyl (C=O) groups excluding carboxylic acids is 2. The van der Waals surface area contributed by atoms with Crippen molar-refractivity contribution in [1.82, 2.24) is 30.4 Å². The molecule has 30 heavy (non-hydrogen) atoms. The number of rotatable bonds is 6. The van der Waals surface area contributed by atoms with Crippen LogP contribution in [0.15, 0.2) is 18.2 Å². The Morgan fingerprint density at radius 1 is 1.27 bits per heavy atom. The van der Waals surface area contributed by atoms with Gasteiger partial charge in [-0.3, -0.25) is 9.59 Å². The molecule has 9 nitrogen and oxygen atoms in total. The van der Waals surface area contributed by atoms with Gasteiger partial charge < -0.3 is 16.0 Å². The fourth-order valence-electron chi connectivity index (χ4n) is 5.15. The molecule has 2 aromatic rings. The van der Waals surface area contributed by atoms with Crippen LogP contribution in [0.1, 0.15) is 49.3 Å². The molecular formula is C21H29N7O2. The van der Waals surface area contributed by atoms with E-state index in [1.165, 1.54) is 15.8 Å². The highest BCUT2D eigenvalue weighted by Crippen LogP contribution is 2.52. The minimum Gasteiger partial charge on any atom is -0.367 e. The van der Waals surface area contributed by atoms with Gasteiger partial charge in [0, 0.05) is 18.6 Å². The monoisotopic (exact) mass is 411 g/mol. The van der Waals surface area contributed by atoms with Crippen LogP contribution in [-0.4, -0.2) is 49.0 Å². The fraction of sp³-hybridized carbons (Fsp3) is 0.571. The maximum atomic E-state index is 13.3. The van der Waals surface area contributed by atoms with Crippen molar-refractivity contribution in [2.75, 3.05) is 5.73 Å². The SMILES string of the molecule is CC[C@]1(C(=O)NCc2ccc(C)c(C)c2)C[C@H]2CC[C@@H]1N2C(=O)Cn1nnnc1N. The number of nitrogens with one attached hydrogen (secondary N) is 1. The van der Waals surface area contributed by atoms with E-state index in [9.17, 15) is 9.59 Å². The maximum absolute atomic E-state index is 13.3. The smallest absolute Gasteiger partial charge is 0.245 e. The molecule has 1 aromatic heterocycles. The molecule has 3 N–H and O–H groups in total. The summed E-state index contributed by atoms with van der Waals surface area (Å²) in [7, 11) is 0. The van der Waals surface area contributed by atoms with E-state index in [4.69, 9.17) is 5.73 Å². The van der Waals surface area contributed by atoms with Gasteiger partial charge in [-0.15, -0.1) is 0 Å². The van der Waals surface area contributed by atoms with Gasteiger partial charge in [0.25, 0.3) is 0 Å². The molecule has 3 atom stereocenters. The third-order valence-corrected chi connectivity index (χ3v) is 6.98. The second-order valence-corrected chi connectivity index (χ2v) is 8.56. The van der Waals surface area contributed by atoms with E-state index in [0.717, 1.165) is 18.4 Å². The second kappa shape index (κ2) is 7.70. The lowest BCUT2D eigenvalue weighted by Gasteiger charge is -2.35. The number of aryl methyl sites for hydroxylation is 2. The predicted molar refractivity (Wildman–Crippen MR) is 111 cm³/mol. The molecule has 0 aliphatic carbocycles. The van der Waals surface area contributed by atoms with Gasteiger partial charge in [0.15, 0.2) is 0 Å². The molecule has 1 aromatic carbocycles. The van der Waals surface area contributed by atoms with E-state index in [0.29, 0.717) is 19.4 Å². The Morgan fingerprint density at radius 2 is 2.07 bits per heavy atom. The molecule has 4 rings (SSSR count). The van der Waals surface area contributed by atoms with Crippen LogP contribution in [0, 0.1) is 19.3 Å². The lowest BCUT2D eigenvalue weighted by molar-refractivity contribution is -0.137. The summed E-state index contributed by atoms with van der Waals surface area (Å²) < 4.78 is 1.30. The van der Waals surface area contributed by atoms with E-state index >= 15 is 0 Å².